The molecule has 0 fully saturated rings. The normalized spacial score (nSPS) is 12.6. The molecule has 0 aliphatic rings. The van der Waals surface area contributed by atoms with Crippen molar-refractivity contribution in [3.8, 4) is 5.75 Å². The first-order valence-corrected chi connectivity index (χ1v) is 8.48. The minimum atomic E-state index is -4.14. The van der Waals surface area contributed by atoms with Crippen molar-refractivity contribution in [2.75, 3.05) is 7.11 Å². The molecular formula is C15H17FN2O5S. The van der Waals surface area contributed by atoms with E-state index in [1.165, 1.54) is 26.4 Å². The van der Waals surface area contributed by atoms with Crippen molar-refractivity contribution in [1.82, 2.24) is 10.0 Å². The standard InChI is InChI=1S/C15H17FN2O5S/c1-10(15(19)17-9-12-4-3-7-23-12)18-24(20,21)14-8-11(16)5-6-13(14)22-2/h3-8,10,18H,9H2,1-2H3,(H,17,19). The quantitative estimate of drug-likeness (QED) is 0.782. The number of nitrogens with one attached hydrogen (secondary N) is 2. The van der Waals surface area contributed by atoms with Crippen LogP contribution in [0.1, 0.15) is 12.7 Å². The molecule has 24 heavy (non-hydrogen) atoms. The zero-order valence-electron chi connectivity index (χ0n) is 13.1. The second-order valence-corrected chi connectivity index (χ2v) is 6.62. The van der Waals surface area contributed by atoms with Gasteiger partial charge in [-0.2, -0.15) is 4.72 Å². The van der Waals surface area contributed by atoms with E-state index < -0.39 is 27.8 Å². The molecule has 0 spiro atoms. The van der Waals surface area contributed by atoms with Crippen molar-refractivity contribution >= 4 is 15.9 Å². The number of hydrogen-bond donors (Lipinski definition) is 2. The van der Waals surface area contributed by atoms with Crippen molar-refractivity contribution in [1.29, 1.82) is 0 Å². The Morgan fingerprint density at radius 1 is 1.38 bits per heavy atom. The van der Waals surface area contributed by atoms with Crippen molar-refractivity contribution in [2.45, 2.75) is 24.4 Å². The lowest BCUT2D eigenvalue weighted by atomic mass is 10.3. The van der Waals surface area contributed by atoms with E-state index in [0.717, 1.165) is 12.1 Å². The second kappa shape index (κ2) is 7.45. The summed E-state index contributed by atoms with van der Waals surface area (Å²) >= 11 is 0. The number of amides is 1. The fourth-order valence-corrected chi connectivity index (χ4v) is 3.33. The number of halogens is 1. The third-order valence-corrected chi connectivity index (χ3v) is 4.72. The molecule has 0 saturated heterocycles. The summed E-state index contributed by atoms with van der Waals surface area (Å²) < 4.78 is 50.2. The maximum Gasteiger partial charge on any atom is 0.245 e. The Bertz CT molecular complexity index is 805. The summed E-state index contributed by atoms with van der Waals surface area (Å²) in [5.74, 6) is -0.770. The number of methoxy groups -OCH3 is 1. The van der Waals surface area contributed by atoms with E-state index in [4.69, 9.17) is 9.15 Å². The summed E-state index contributed by atoms with van der Waals surface area (Å²) in [6.07, 6.45) is 1.46. The first-order chi connectivity index (χ1) is 11.3. The Labute approximate surface area is 138 Å². The lowest BCUT2D eigenvalue weighted by molar-refractivity contribution is -0.122. The SMILES string of the molecule is COc1ccc(F)cc1S(=O)(=O)NC(C)C(=O)NCc1ccco1. The van der Waals surface area contributed by atoms with Gasteiger partial charge in [0, 0.05) is 0 Å². The average Bonchev–Trinajstić information content (AvgIpc) is 3.05. The lowest BCUT2D eigenvalue weighted by Gasteiger charge is -2.15. The van der Waals surface area contributed by atoms with Gasteiger partial charge >= 0.3 is 0 Å². The van der Waals surface area contributed by atoms with Gasteiger partial charge in [0.05, 0.1) is 26.0 Å². The van der Waals surface area contributed by atoms with Gasteiger partial charge in [-0.1, -0.05) is 0 Å². The number of ether oxygens (including phenoxy) is 1. The highest BCUT2D eigenvalue weighted by Gasteiger charge is 2.25. The van der Waals surface area contributed by atoms with Gasteiger partial charge in [-0.25, -0.2) is 12.8 Å². The smallest absolute Gasteiger partial charge is 0.245 e. The molecular weight excluding hydrogens is 339 g/mol. The number of furan rings is 1. The number of hydrogen-bond acceptors (Lipinski definition) is 5. The number of carbonyl (C=O) groups excluding carboxylic acids is 1. The molecule has 1 heterocycles. The zero-order chi connectivity index (χ0) is 17.7. The van der Waals surface area contributed by atoms with Crippen molar-refractivity contribution in [3.05, 3.63) is 48.2 Å². The predicted octanol–water partition coefficient (Wildman–Crippen LogP) is 1.41. The number of carbonyl (C=O) groups is 1. The van der Waals surface area contributed by atoms with Gasteiger partial charge in [0.25, 0.3) is 0 Å². The van der Waals surface area contributed by atoms with E-state index in [0.29, 0.717) is 5.76 Å². The Kier molecular flexibility index (Phi) is 5.58. The minimum absolute atomic E-state index is 0.0212. The molecule has 9 heteroatoms. The molecule has 7 nitrogen and oxygen atoms in total. The first-order valence-electron chi connectivity index (χ1n) is 6.99. The Hall–Kier alpha value is -2.39. The Morgan fingerprint density at radius 2 is 2.12 bits per heavy atom. The Morgan fingerprint density at radius 3 is 2.75 bits per heavy atom. The number of benzene rings is 1. The van der Waals surface area contributed by atoms with Gasteiger partial charge in [-0.3, -0.25) is 4.79 Å². The van der Waals surface area contributed by atoms with Crippen LogP contribution in [0.2, 0.25) is 0 Å². The highest BCUT2D eigenvalue weighted by molar-refractivity contribution is 7.89. The summed E-state index contributed by atoms with van der Waals surface area (Å²) in [4.78, 5) is 11.6. The van der Waals surface area contributed by atoms with Gasteiger partial charge in [-0.15, -0.1) is 0 Å². The molecule has 130 valence electrons. The summed E-state index contributed by atoms with van der Waals surface area (Å²) in [6.45, 7) is 1.50. The third-order valence-electron chi connectivity index (χ3n) is 3.16. The topological polar surface area (TPSA) is 97.6 Å². The van der Waals surface area contributed by atoms with Gasteiger partial charge in [0.1, 0.15) is 22.2 Å². The number of sulfonamides is 1. The summed E-state index contributed by atoms with van der Waals surface area (Å²) in [5.41, 5.74) is 0. The molecule has 2 rings (SSSR count). The molecule has 1 aromatic heterocycles. The molecule has 2 N–H and O–H groups in total. The van der Waals surface area contributed by atoms with E-state index in [1.807, 2.05) is 0 Å². The van der Waals surface area contributed by atoms with E-state index in [2.05, 4.69) is 10.0 Å². The third kappa shape index (κ3) is 4.33. The molecule has 0 radical (unpaired) electrons. The van der Waals surface area contributed by atoms with Crippen LogP contribution in [0.5, 0.6) is 5.75 Å². The molecule has 1 amide bonds. The van der Waals surface area contributed by atoms with E-state index in [-0.39, 0.29) is 17.2 Å². The fourth-order valence-electron chi connectivity index (χ4n) is 1.95. The molecule has 0 saturated carbocycles. The fraction of sp³-hybridized carbons (Fsp3) is 0.267. The van der Waals surface area contributed by atoms with Crippen LogP contribution in [0.4, 0.5) is 4.39 Å². The molecule has 1 atom stereocenters. The van der Waals surface area contributed by atoms with Crippen molar-refractivity contribution in [2.24, 2.45) is 0 Å². The lowest BCUT2D eigenvalue weighted by Crippen LogP contribution is -2.44. The van der Waals surface area contributed by atoms with Crippen LogP contribution in [0.15, 0.2) is 45.9 Å². The van der Waals surface area contributed by atoms with Gasteiger partial charge < -0.3 is 14.5 Å². The summed E-state index contributed by atoms with van der Waals surface area (Å²) in [7, 11) is -2.87. The summed E-state index contributed by atoms with van der Waals surface area (Å²) in [6, 6.07) is 5.38. The van der Waals surface area contributed by atoms with Crippen molar-refractivity contribution in [3.63, 3.8) is 0 Å². The monoisotopic (exact) mass is 356 g/mol. The minimum Gasteiger partial charge on any atom is -0.495 e. The summed E-state index contributed by atoms with van der Waals surface area (Å²) in [5, 5.41) is 2.53. The van der Waals surface area contributed by atoms with Gasteiger partial charge in [-0.05, 0) is 37.3 Å². The average molecular weight is 356 g/mol. The highest BCUT2D eigenvalue weighted by Crippen LogP contribution is 2.24. The van der Waals surface area contributed by atoms with Crippen LogP contribution in [0.3, 0.4) is 0 Å². The van der Waals surface area contributed by atoms with Crippen LogP contribution < -0.4 is 14.8 Å². The van der Waals surface area contributed by atoms with E-state index in [1.54, 1.807) is 12.1 Å². The first kappa shape index (κ1) is 18.0. The maximum absolute atomic E-state index is 13.4. The van der Waals surface area contributed by atoms with E-state index in [9.17, 15) is 17.6 Å². The molecule has 1 aromatic carbocycles. The molecule has 0 aliphatic heterocycles. The Balaban J connectivity index is 2.07. The molecule has 1 unspecified atom stereocenters. The molecule has 0 aliphatic carbocycles. The molecule has 0 bridgehead atoms. The van der Waals surface area contributed by atoms with Crippen LogP contribution in [0, 0.1) is 5.82 Å². The highest BCUT2D eigenvalue weighted by atomic mass is 32.2. The predicted molar refractivity (Wildman–Crippen MR) is 83.3 cm³/mol. The number of rotatable bonds is 7. The van der Waals surface area contributed by atoms with Crippen LogP contribution >= 0.6 is 0 Å². The van der Waals surface area contributed by atoms with Crippen LogP contribution in [-0.2, 0) is 21.4 Å². The largest absolute Gasteiger partial charge is 0.495 e. The van der Waals surface area contributed by atoms with Crippen LogP contribution in [-0.4, -0.2) is 27.5 Å². The van der Waals surface area contributed by atoms with E-state index >= 15 is 0 Å². The van der Waals surface area contributed by atoms with Crippen molar-refractivity contribution < 1.29 is 26.8 Å². The maximum atomic E-state index is 13.4. The van der Waals surface area contributed by atoms with Crippen LogP contribution in [0.25, 0.3) is 0 Å². The van der Waals surface area contributed by atoms with Gasteiger partial charge in [0.2, 0.25) is 15.9 Å². The second-order valence-electron chi connectivity index (χ2n) is 4.94. The van der Waals surface area contributed by atoms with Gasteiger partial charge in [0.15, 0.2) is 0 Å². The zero-order valence-corrected chi connectivity index (χ0v) is 13.9. The molecule has 2 aromatic rings.